The molecule has 1 aliphatic heterocycles. The van der Waals surface area contributed by atoms with Crippen LogP contribution in [0, 0.1) is 0 Å². The summed E-state index contributed by atoms with van der Waals surface area (Å²) in [6.45, 7) is -1.52. The summed E-state index contributed by atoms with van der Waals surface area (Å²) in [5, 5.41) is 33.0. The van der Waals surface area contributed by atoms with E-state index in [9.17, 15) is 24.9 Å². The third-order valence-corrected chi connectivity index (χ3v) is 5.55. The normalized spacial score (nSPS) is 13.6. The summed E-state index contributed by atoms with van der Waals surface area (Å²) in [5.74, 6) is -0.301. The number of ether oxygens (including phenoxy) is 1. The molecule has 0 radical (unpaired) electrons. The van der Waals surface area contributed by atoms with E-state index in [2.05, 4.69) is 5.32 Å². The van der Waals surface area contributed by atoms with Crippen LogP contribution in [0.5, 0.6) is 5.75 Å². The standard InChI is InChI=1S/C23H22N2O6/c1-31-15-7-5-14(6-8-15)25-21(29)17-4-2-3-16-19(24-23(11-26,12-27)13-28)10-9-18(20(16)17)22(25)30/h2-10,24,26-28H,11-13H2,1H3. The molecule has 4 N–H and O–H groups in total. The lowest BCUT2D eigenvalue weighted by Gasteiger charge is -2.32. The van der Waals surface area contributed by atoms with Gasteiger partial charge in [-0.2, -0.15) is 0 Å². The van der Waals surface area contributed by atoms with Gasteiger partial charge in [0.1, 0.15) is 11.3 Å². The van der Waals surface area contributed by atoms with Crippen LogP contribution in [0.1, 0.15) is 20.7 Å². The summed E-state index contributed by atoms with van der Waals surface area (Å²) in [7, 11) is 1.54. The number of carbonyl (C=O) groups is 2. The van der Waals surface area contributed by atoms with Gasteiger partial charge in [-0.05, 0) is 42.5 Å². The molecular weight excluding hydrogens is 400 g/mol. The maximum Gasteiger partial charge on any atom is 0.265 e. The van der Waals surface area contributed by atoms with Crippen LogP contribution >= 0.6 is 0 Å². The Bertz CT molecular complexity index is 1120. The van der Waals surface area contributed by atoms with Crippen LogP contribution in [0.15, 0.2) is 54.6 Å². The molecule has 8 nitrogen and oxygen atoms in total. The molecule has 0 fully saturated rings. The minimum Gasteiger partial charge on any atom is -0.497 e. The van der Waals surface area contributed by atoms with Crippen molar-refractivity contribution in [2.24, 2.45) is 0 Å². The fourth-order valence-electron chi connectivity index (χ4n) is 3.73. The lowest BCUT2D eigenvalue weighted by atomic mass is 9.91. The van der Waals surface area contributed by atoms with Gasteiger partial charge in [0, 0.05) is 27.6 Å². The number of hydrogen-bond donors (Lipinski definition) is 4. The van der Waals surface area contributed by atoms with Crippen molar-refractivity contribution in [3.05, 3.63) is 65.7 Å². The van der Waals surface area contributed by atoms with E-state index in [1.807, 2.05) is 0 Å². The Morgan fingerprint density at radius 3 is 2.06 bits per heavy atom. The summed E-state index contributed by atoms with van der Waals surface area (Å²) in [6, 6.07) is 15.0. The molecule has 2 amide bonds. The minimum absolute atomic E-state index is 0.356. The van der Waals surface area contributed by atoms with E-state index in [1.165, 1.54) is 7.11 Å². The summed E-state index contributed by atoms with van der Waals surface area (Å²) in [6.07, 6.45) is 0. The topological polar surface area (TPSA) is 119 Å². The number of anilines is 2. The summed E-state index contributed by atoms with van der Waals surface area (Å²) < 4.78 is 5.15. The smallest absolute Gasteiger partial charge is 0.265 e. The average Bonchev–Trinajstić information content (AvgIpc) is 2.82. The third kappa shape index (κ3) is 3.31. The van der Waals surface area contributed by atoms with Gasteiger partial charge in [0.05, 0.1) is 32.6 Å². The largest absolute Gasteiger partial charge is 0.497 e. The van der Waals surface area contributed by atoms with Crippen LogP contribution in [-0.4, -0.2) is 59.6 Å². The van der Waals surface area contributed by atoms with E-state index in [1.54, 1.807) is 54.6 Å². The summed E-state index contributed by atoms with van der Waals surface area (Å²) in [4.78, 5) is 27.7. The number of imide groups is 1. The average molecular weight is 422 g/mol. The second-order valence-electron chi connectivity index (χ2n) is 7.41. The first kappa shape index (κ1) is 20.8. The molecule has 1 heterocycles. The lowest BCUT2D eigenvalue weighted by Crippen LogP contribution is -2.49. The summed E-state index contributed by atoms with van der Waals surface area (Å²) in [5.41, 5.74) is 0.276. The molecule has 0 atom stereocenters. The van der Waals surface area contributed by atoms with Gasteiger partial charge in [0.15, 0.2) is 0 Å². The first-order valence-corrected chi connectivity index (χ1v) is 9.68. The van der Waals surface area contributed by atoms with E-state index in [0.29, 0.717) is 39.0 Å². The first-order valence-electron chi connectivity index (χ1n) is 9.68. The summed E-state index contributed by atoms with van der Waals surface area (Å²) >= 11 is 0. The molecule has 0 bridgehead atoms. The van der Waals surface area contributed by atoms with Crippen LogP contribution in [-0.2, 0) is 0 Å². The number of amides is 2. The molecule has 160 valence electrons. The number of nitrogens with one attached hydrogen (secondary N) is 1. The lowest BCUT2D eigenvalue weighted by molar-refractivity contribution is 0.0833. The Kier molecular flexibility index (Phi) is 5.36. The molecule has 3 aromatic carbocycles. The molecule has 8 heteroatoms. The monoisotopic (exact) mass is 422 g/mol. The number of methoxy groups -OCH3 is 1. The molecular formula is C23H22N2O6. The molecule has 4 rings (SSSR count). The number of carbonyl (C=O) groups excluding carboxylic acids is 2. The minimum atomic E-state index is -1.35. The van der Waals surface area contributed by atoms with Gasteiger partial charge in [-0.25, -0.2) is 4.90 Å². The molecule has 0 saturated carbocycles. The highest BCUT2D eigenvalue weighted by Gasteiger charge is 2.35. The van der Waals surface area contributed by atoms with Crippen molar-refractivity contribution >= 4 is 34.0 Å². The van der Waals surface area contributed by atoms with Crippen LogP contribution in [0.25, 0.3) is 10.8 Å². The number of nitrogens with zero attached hydrogens (tertiary/aromatic N) is 1. The van der Waals surface area contributed by atoms with Gasteiger partial charge in [0.25, 0.3) is 11.8 Å². The van der Waals surface area contributed by atoms with Gasteiger partial charge in [0.2, 0.25) is 0 Å². The van der Waals surface area contributed by atoms with Crippen molar-refractivity contribution in [1.82, 2.24) is 0 Å². The van der Waals surface area contributed by atoms with E-state index in [0.717, 1.165) is 4.90 Å². The van der Waals surface area contributed by atoms with E-state index >= 15 is 0 Å². The molecule has 1 aliphatic rings. The second kappa shape index (κ2) is 7.99. The maximum absolute atomic E-state index is 13.3. The predicted molar refractivity (Wildman–Crippen MR) is 116 cm³/mol. The zero-order valence-electron chi connectivity index (χ0n) is 16.8. The fraction of sp³-hybridized carbons (Fsp3) is 0.217. The zero-order valence-corrected chi connectivity index (χ0v) is 16.8. The van der Waals surface area contributed by atoms with Crippen molar-refractivity contribution in [2.45, 2.75) is 5.54 Å². The molecule has 31 heavy (non-hydrogen) atoms. The van der Waals surface area contributed by atoms with Crippen molar-refractivity contribution < 1.29 is 29.6 Å². The molecule has 0 aromatic heterocycles. The SMILES string of the molecule is COc1ccc(N2C(=O)c3cccc4c(NC(CO)(CO)CO)ccc(c34)C2=O)cc1. The van der Waals surface area contributed by atoms with Crippen LogP contribution in [0.3, 0.4) is 0 Å². The first-order chi connectivity index (χ1) is 15.0. The number of rotatable bonds is 7. The van der Waals surface area contributed by atoms with Crippen molar-refractivity contribution in [3.63, 3.8) is 0 Å². The van der Waals surface area contributed by atoms with Crippen molar-refractivity contribution in [1.29, 1.82) is 0 Å². The van der Waals surface area contributed by atoms with Crippen LogP contribution in [0.2, 0.25) is 0 Å². The Morgan fingerprint density at radius 1 is 0.871 bits per heavy atom. The number of aliphatic hydroxyl groups is 3. The third-order valence-electron chi connectivity index (χ3n) is 5.55. The van der Waals surface area contributed by atoms with Gasteiger partial charge < -0.3 is 25.4 Å². The van der Waals surface area contributed by atoms with Crippen LogP contribution in [0.4, 0.5) is 11.4 Å². The van der Waals surface area contributed by atoms with Gasteiger partial charge in [-0.15, -0.1) is 0 Å². The zero-order chi connectivity index (χ0) is 22.2. The highest BCUT2D eigenvalue weighted by Crippen LogP contribution is 2.37. The molecule has 0 unspecified atom stereocenters. The van der Waals surface area contributed by atoms with E-state index in [4.69, 9.17) is 4.74 Å². The maximum atomic E-state index is 13.3. The van der Waals surface area contributed by atoms with Gasteiger partial charge >= 0.3 is 0 Å². The van der Waals surface area contributed by atoms with Crippen molar-refractivity contribution in [2.75, 3.05) is 37.1 Å². The van der Waals surface area contributed by atoms with E-state index in [-0.39, 0.29) is 0 Å². The fourth-order valence-corrected chi connectivity index (χ4v) is 3.73. The quantitative estimate of drug-likeness (QED) is 0.429. The Balaban J connectivity index is 1.83. The molecule has 0 saturated heterocycles. The van der Waals surface area contributed by atoms with E-state index < -0.39 is 37.2 Å². The highest BCUT2D eigenvalue weighted by molar-refractivity contribution is 6.36. The Hall–Kier alpha value is -3.46. The van der Waals surface area contributed by atoms with Gasteiger partial charge in [-0.1, -0.05) is 12.1 Å². The number of aliphatic hydroxyl groups excluding tert-OH is 3. The highest BCUT2D eigenvalue weighted by atomic mass is 16.5. The Labute approximate surface area is 178 Å². The molecule has 0 spiro atoms. The number of hydrogen-bond acceptors (Lipinski definition) is 7. The van der Waals surface area contributed by atoms with Crippen molar-refractivity contribution in [3.8, 4) is 5.75 Å². The van der Waals surface area contributed by atoms with Gasteiger partial charge in [-0.3, -0.25) is 9.59 Å². The van der Waals surface area contributed by atoms with Crippen LogP contribution < -0.4 is 15.0 Å². The number of benzene rings is 3. The molecule has 0 aliphatic carbocycles. The predicted octanol–water partition coefficient (Wildman–Crippen LogP) is 1.78. The Morgan fingerprint density at radius 2 is 1.48 bits per heavy atom. The second-order valence-corrected chi connectivity index (χ2v) is 7.41. The molecule has 3 aromatic rings.